The lowest BCUT2D eigenvalue weighted by Gasteiger charge is -1.99. The highest BCUT2D eigenvalue weighted by molar-refractivity contribution is 7.73. The zero-order valence-corrected chi connectivity index (χ0v) is 10.9. The summed E-state index contributed by atoms with van der Waals surface area (Å²) in [4.78, 5) is 7.85. The van der Waals surface area contributed by atoms with Crippen molar-refractivity contribution in [3.05, 3.63) is 44.7 Å². The number of hydrogen-bond acceptors (Lipinski definition) is 4. The number of thiazole rings is 1. The summed E-state index contributed by atoms with van der Waals surface area (Å²) in [5.74, 6) is 0.106. The van der Waals surface area contributed by atoms with E-state index in [0.717, 1.165) is 11.3 Å². The lowest BCUT2D eigenvalue weighted by atomic mass is 10.2. The second kappa shape index (κ2) is 5.25. The number of aliphatic imine (C=N–C) groups is 1. The predicted octanol–water partition coefficient (Wildman–Crippen LogP) is 3.52. The molecule has 0 unspecified atom stereocenters. The molecule has 0 aliphatic heterocycles. The lowest BCUT2D eigenvalue weighted by molar-refractivity contribution is 0.456. The highest BCUT2D eigenvalue weighted by Gasteiger charge is 2.07. The Labute approximate surface area is 108 Å². The molecule has 0 saturated carbocycles. The van der Waals surface area contributed by atoms with Crippen LogP contribution in [0.15, 0.2) is 35.3 Å². The highest BCUT2D eigenvalue weighted by Crippen LogP contribution is 2.22. The van der Waals surface area contributed by atoms with Crippen LogP contribution in [0.25, 0.3) is 0 Å². The Balaban J connectivity index is 2.18. The Kier molecular flexibility index (Phi) is 3.71. The smallest absolute Gasteiger partial charge is 0.209 e. The second-order valence-corrected chi connectivity index (χ2v) is 5.27. The van der Waals surface area contributed by atoms with E-state index in [4.69, 9.17) is 12.2 Å². The Morgan fingerprint density at radius 3 is 2.71 bits per heavy atom. The minimum absolute atomic E-state index is 0.106. The van der Waals surface area contributed by atoms with Crippen LogP contribution in [-0.2, 0) is 6.54 Å². The predicted molar refractivity (Wildman–Crippen MR) is 73.5 cm³/mol. The van der Waals surface area contributed by atoms with Gasteiger partial charge in [0, 0.05) is 0 Å². The van der Waals surface area contributed by atoms with Crippen LogP contribution in [0.4, 0.5) is 0 Å². The number of benzene rings is 1. The van der Waals surface area contributed by atoms with Gasteiger partial charge in [0.25, 0.3) is 0 Å². The Morgan fingerprint density at radius 1 is 1.41 bits per heavy atom. The van der Waals surface area contributed by atoms with Crippen molar-refractivity contribution in [1.82, 2.24) is 4.98 Å². The number of H-pyrrole nitrogens is 1. The topological polar surface area (TPSA) is 48.4 Å². The maximum atomic E-state index is 9.61. The summed E-state index contributed by atoms with van der Waals surface area (Å²) in [5, 5.41) is 9.61. The number of aromatic hydroxyl groups is 1. The van der Waals surface area contributed by atoms with Crippen LogP contribution in [0.1, 0.15) is 17.4 Å². The second-order valence-electron chi connectivity index (χ2n) is 3.58. The molecule has 1 aromatic carbocycles. The molecule has 0 atom stereocenters. The van der Waals surface area contributed by atoms with Gasteiger partial charge >= 0.3 is 0 Å². The third-order valence-corrected chi connectivity index (χ3v) is 3.63. The largest absolute Gasteiger partial charge is 0.493 e. The quantitative estimate of drug-likeness (QED) is 0.658. The average Bonchev–Trinajstić information content (AvgIpc) is 2.67. The first-order valence-electron chi connectivity index (χ1n) is 5.14. The van der Waals surface area contributed by atoms with Crippen molar-refractivity contribution in [3.8, 4) is 5.88 Å². The monoisotopic (exact) mass is 264 g/mol. The molecule has 3 nitrogen and oxygen atoms in total. The third kappa shape index (κ3) is 3.01. The van der Waals surface area contributed by atoms with Gasteiger partial charge in [-0.15, -0.1) is 0 Å². The van der Waals surface area contributed by atoms with Crippen LogP contribution in [0.2, 0.25) is 0 Å². The van der Waals surface area contributed by atoms with Crippen LogP contribution < -0.4 is 0 Å². The maximum absolute atomic E-state index is 9.61. The fourth-order valence-electron chi connectivity index (χ4n) is 1.43. The molecular formula is C12H12N2OS2. The van der Waals surface area contributed by atoms with Gasteiger partial charge in [0.1, 0.15) is 4.88 Å². The molecule has 1 aromatic heterocycles. The van der Waals surface area contributed by atoms with E-state index in [9.17, 15) is 5.11 Å². The maximum Gasteiger partial charge on any atom is 0.209 e. The third-order valence-electron chi connectivity index (χ3n) is 2.30. The Morgan fingerprint density at radius 2 is 2.12 bits per heavy atom. The number of hydrogen-bond donors (Lipinski definition) is 2. The minimum atomic E-state index is 0.106. The van der Waals surface area contributed by atoms with Crippen molar-refractivity contribution in [1.29, 1.82) is 0 Å². The average molecular weight is 264 g/mol. The number of aromatic nitrogens is 1. The number of nitrogens with one attached hydrogen (secondary N) is 1. The van der Waals surface area contributed by atoms with Crippen molar-refractivity contribution in [2.24, 2.45) is 4.99 Å². The molecule has 0 bridgehead atoms. The summed E-state index contributed by atoms with van der Waals surface area (Å²) < 4.78 is 0.562. The van der Waals surface area contributed by atoms with Crippen LogP contribution in [0, 0.1) is 3.95 Å². The van der Waals surface area contributed by atoms with E-state index in [-0.39, 0.29) is 5.88 Å². The molecule has 0 radical (unpaired) electrons. The lowest BCUT2D eigenvalue weighted by Crippen LogP contribution is -1.93. The summed E-state index contributed by atoms with van der Waals surface area (Å²) >= 11 is 6.30. The molecule has 2 aromatic rings. The van der Waals surface area contributed by atoms with E-state index in [1.807, 2.05) is 37.3 Å². The fraction of sp³-hybridized carbons (Fsp3) is 0.167. The van der Waals surface area contributed by atoms with Crippen molar-refractivity contribution < 1.29 is 5.11 Å². The molecule has 0 saturated heterocycles. The summed E-state index contributed by atoms with van der Waals surface area (Å²) in [7, 11) is 0. The summed E-state index contributed by atoms with van der Waals surface area (Å²) in [6.07, 6.45) is 0. The van der Waals surface area contributed by atoms with Crippen molar-refractivity contribution in [2.45, 2.75) is 13.5 Å². The standard InChI is InChI=1S/C12H12N2OS2/c1-8(10-11(15)14-12(16)17-10)13-7-9-5-3-2-4-6-9/h2-6,15H,7H2,1H3,(H,14,16). The van der Waals surface area contributed by atoms with Crippen molar-refractivity contribution >= 4 is 29.3 Å². The Hall–Kier alpha value is -1.46. The van der Waals surface area contributed by atoms with E-state index < -0.39 is 0 Å². The van der Waals surface area contributed by atoms with Crippen LogP contribution in [0.5, 0.6) is 5.88 Å². The van der Waals surface area contributed by atoms with Crippen LogP contribution in [-0.4, -0.2) is 15.8 Å². The van der Waals surface area contributed by atoms with E-state index in [2.05, 4.69) is 9.98 Å². The van der Waals surface area contributed by atoms with E-state index >= 15 is 0 Å². The van der Waals surface area contributed by atoms with E-state index in [0.29, 0.717) is 15.4 Å². The van der Waals surface area contributed by atoms with Crippen LogP contribution in [0.3, 0.4) is 0 Å². The molecule has 0 aliphatic carbocycles. The zero-order valence-electron chi connectivity index (χ0n) is 9.30. The first kappa shape index (κ1) is 12.0. The summed E-state index contributed by atoms with van der Waals surface area (Å²) in [6, 6.07) is 9.99. The van der Waals surface area contributed by atoms with Crippen LogP contribution >= 0.6 is 23.6 Å². The molecular weight excluding hydrogens is 252 g/mol. The van der Waals surface area contributed by atoms with Gasteiger partial charge in [0.2, 0.25) is 5.88 Å². The molecule has 17 heavy (non-hydrogen) atoms. The van der Waals surface area contributed by atoms with Gasteiger partial charge in [0.05, 0.1) is 12.3 Å². The number of nitrogens with zero attached hydrogens (tertiary/aromatic N) is 1. The molecule has 2 N–H and O–H groups in total. The summed E-state index contributed by atoms with van der Waals surface area (Å²) in [5.41, 5.74) is 1.94. The molecule has 88 valence electrons. The Bertz CT molecular complexity index is 584. The molecule has 1 heterocycles. The van der Waals surface area contributed by atoms with E-state index in [1.165, 1.54) is 11.3 Å². The number of aromatic amines is 1. The normalized spacial score (nSPS) is 11.7. The molecule has 0 spiro atoms. The zero-order chi connectivity index (χ0) is 12.3. The molecule has 0 fully saturated rings. The minimum Gasteiger partial charge on any atom is -0.493 e. The van der Waals surface area contributed by atoms with Crippen molar-refractivity contribution in [2.75, 3.05) is 0 Å². The van der Waals surface area contributed by atoms with Gasteiger partial charge in [-0.25, -0.2) is 0 Å². The van der Waals surface area contributed by atoms with Gasteiger partial charge in [0.15, 0.2) is 3.95 Å². The number of rotatable bonds is 3. The van der Waals surface area contributed by atoms with Gasteiger partial charge in [-0.3, -0.25) is 4.99 Å². The molecule has 0 aliphatic rings. The van der Waals surface area contributed by atoms with Gasteiger partial charge in [-0.1, -0.05) is 41.7 Å². The summed E-state index contributed by atoms with van der Waals surface area (Å²) in [6.45, 7) is 2.48. The molecule has 0 amide bonds. The SMILES string of the molecule is CC(=NCc1ccccc1)c1sc(=S)[nH]c1O. The molecule has 2 rings (SSSR count). The first-order valence-corrected chi connectivity index (χ1v) is 6.36. The highest BCUT2D eigenvalue weighted by atomic mass is 32.1. The van der Waals surface area contributed by atoms with Gasteiger partial charge in [-0.2, -0.15) is 0 Å². The van der Waals surface area contributed by atoms with Gasteiger partial charge in [-0.05, 0) is 24.7 Å². The van der Waals surface area contributed by atoms with E-state index in [1.54, 1.807) is 0 Å². The molecule has 5 heteroatoms. The fourth-order valence-corrected chi connectivity index (χ4v) is 2.47. The van der Waals surface area contributed by atoms with Crippen molar-refractivity contribution in [3.63, 3.8) is 0 Å². The van der Waals surface area contributed by atoms with Gasteiger partial charge < -0.3 is 10.1 Å². The first-order chi connectivity index (χ1) is 8.16.